The van der Waals surface area contributed by atoms with Crippen LogP contribution in [-0.2, 0) is 6.54 Å². The molecule has 7 heteroatoms. The van der Waals surface area contributed by atoms with Gasteiger partial charge in [0.05, 0.1) is 11.9 Å². The second kappa shape index (κ2) is 11.4. The zero-order valence-electron chi connectivity index (χ0n) is 17.1. The second-order valence-corrected chi connectivity index (χ2v) is 7.35. The van der Waals surface area contributed by atoms with Gasteiger partial charge in [0, 0.05) is 31.7 Å². The van der Waals surface area contributed by atoms with Crippen molar-refractivity contribution in [3.8, 4) is 11.3 Å². The lowest BCUT2D eigenvalue weighted by Gasteiger charge is -2.35. The molecule has 1 aromatic carbocycles. The summed E-state index contributed by atoms with van der Waals surface area (Å²) in [6.45, 7) is 10.3. The number of H-pyrrole nitrogens is 1. The summed E-state index contributed by atoms with van der Waals surface area (Å²) in [6.07, 6.45) is 4.19. The summed E-state index contributed by atoms with van der Waals surface area (Å²) >= 11 is 0. The number of halogens is 1. The van der Waals surface area contributed by atoms with E-state index >= 15 is 0 Å². The van der Waals surface area contributed by atoms with E-state index in [9.17, 15) is 0 Å². The molecular formula is C21H33IN6. The summed E-state index contributed by atoms with van der Waals surface area (Å²) in [4.78, 5) is 15.1. The Morgan fingerprint density at radius 3 is 2.61 bits per heavy atom. The van der Waals surface area contributed by atoms with Gasteiger partial charge in [-0.2, -0.15) is 0 Å². The van der Waals surface area contributed by atoms with Crippen molar-refractivity contribution in [2.75, 3.05) is 19.6 Å². The van der Waals surface area contributed by atoms with Crippen LogP contribution in [0.25, 0.3) is 11.3 Å². The average molecular weight is 496 g/mol. The fourth-order valence-electron chi connectivity index (χ4n) is 3.43. The van der Waals surface area contributed by atoms with E-state index in [2.05, 4.69) is 58.4 Å². The molecule has 2 aromatic rings. The number of piperidine rings is 1. The van der Waals surface area contributed by atoms with Crippen LogP contribution in [0, 0.1) is 0 Å². The summed E-state index contributed by atoms with van der Waals surface area (Å²) in [5.74, 6) is 1.75. The standard InChI is InChI=1S/C21H32N6.HI/c1-4-22-21(25-18-10-12-27(13-11-18)16(2)3)24-15-20-23-14-19(26-20)17-8-6-5-7-9-17;/h5-9,14,16,18H,4,10-13,15H2,1-3H3,(H,23,26)(H2,22,24,25);1H. The van der Waals surface area contributed by atoms with E-state index in [0.717, 1.165) is 55.5 Å². The molecule has 3 N–H and O–H groups in total. The van der Waals surface area contributed by atoms with E-state index in [0.29, 0.717) is 18.6 Å². The maximum atomic E-state index is 4.73. The number of hydrogen-bond acceptors (Lipinski definition) is 3. The molecule has 0 unspecified atom stereocenters. The first kappa shape index (κ1) is 22.7. The van der Waals surface area contributed by atoms with Crippen molar-refractivity contribution < 1.29 is 0 Å². The molecule has 3 rings (SSSR count). The number of aromatic nitrogens is 2. The van der Waals surface area contributed by atoms with Crippen LogP contribution >= 0.6 is 24.0 Å². The maximum Gasteiger partial charge on any atom is 0.191 e. The molecular weight excluding hydrogens is 463 g/mol. The van der Waals surface area contributed by atoms with Crippen LogP contribution < -0.4 is 10.6 Å². The van der Waals surface area contributed by atoms with Gasteiger partial charge in [-0.15, -0.1) is 24.0 Å². The molecule has 2 heterocycles. The number of rotatable bonds is 6. The molecule has 6 nitrogen and oxygen atoms in total. The molecule has 1 saturated heterocycles. The Hall–Kier alpha value is -1.61. The number of aliphatic imine (C=N–C) groups is 1. The molecule has 1 aliphatic rings. The summed E-state index contributed by atoms with van der Waals surface area (Å²) in [5.41, 5.74) is 2.17. The van der Waals surface area contributed by atoms with E-state index in [1.165, 1.54) is 0 Å². The number of hydrogen-bond donors (Lipinski definition) is 3. The van der Waals surface area contributed by atoms with Crippen molar-refractivity contribution in [2.24, 2.45) is 4.99 Å². The highest BCUT2D eigenvalue weighted by molar-refractivity contribution is 14.0. The topological polar surface area (TPSA) is 68.3 Å². The fraction of sp³-hybridized carbons (Fsp3) is 0.524. The predicted octanol–water partition coefficient (Wildman–Crippen LogP) is 3.62. The van der Waals surface area contributed by atoms with Gasteiger partial charge in [0.15, 0.2) is 5.96 Å². The number of nitrogens with zero attached hydrogens (tertiary/aromatic N) is 3. The summed E-state index contributed by atoms with van der Waals surface area (Å²) in [6, 6.07) is 11.4. The predicted molar refractivity (Wildman–Crippen MR) is 127 cm³/mol. The number of imidazole rings is 1. The Morgan fingerprint density at radius 1 is 1.25 bits per heavy atom. The quantitative estimate of drug-likeness (QED) is 0.325. The first-order valence-electron chi connectivity index (χ1n) is 10.0. The normalized spacial score (nSPS) is 16.1. The van der Waals surface area contributed by atoms with Crippen molar-refractivity contribution in [1.82, 2.24) is 25.5 Å². The summed E-state index contributed by atoms with van der Waals surface area (Å²) < 4.78 is 0. The minimum Gasteiger partial charge on any atom is -0.357 e. The van der Waals surface area contributed by atoms with Gasteiger partial charge in [0.25, 0.3) is 0 Å². The maximum absolute atomic E-state index is 4.73. The monoisotopic (exact) mass is 496 g/mol. The lowest BCUT2D eigenvalue weighted by molar-refractivity contribution is 0.167. The first-order chi connectivity index (χ1) is 13.2. The van der Waals surface area contributed by atoms with E-state index in [1.54, 1.807) is 0 Å². The van der Waals surface area contributed by atoms with Crippen LogP contribution in [0.1, 0.15) is 39.4 Å². The van der Waals surface area contributed by atoms with Crippen LogP contribution in [0.4, 0.5) is 0 Å². The Morgan fingerprint density at radius 2 is 1.96 bits per heavy atom. The molecule has 0 amide bonds. The van der Waals surface area contributed by atoms with Crippen LogP contribution in [0.15, 0.2) is 41.5 Å². The van der Waals surface area contributed by atoms with Crippen molar-refractivity contribution >= 4 is 29.9 Å². The largest absolute Gasteiger partial charge is 0.357 e. The highest BCUT2D eigenvalue weighted by Crippen LogP contribution is 2.16. The lowest BCUT2D eigenvalue weighted by atomic mass is 10.0. The zero-order valence-corrected chi connectivity index (χ0v) is 19.4. The minimum absolute atomic E-state index is 0. The SMILES string of the molecule is CCNC(=NCc1ncc(-c2ccccc2)[nH]1)NC1CCN(C(C)C)CC1.I. The minimum atomic E-state index is 0. The molecule has 0 aliphatic carbocycles. The molecule has 0 bridgehead atoms. The fourth-order valence-corrected chi connectivity index (χ4v) is 3.43. The number of guanidine groups is 1. The van der Waals surface area contributed by atoms with Crippen molar-refractivity contribution in [1.29, 1.82) is 0 Å². The van der Waals surface area contributed by atoms with Crippen LogP contribution in [0.2, 0.25) is 0 Å². The summed E-state index contributed by atoms with van der Waals surface area (Å²) in [5, 5.41) is 6.95. The van der Waals surface area contributed by atoms with Crippen LogP contribution in [0.3, 0.4) is 0 Å². The van der Waals surface area contributed by atoms with Crippen molar-refractivity contribution in [2.45, 2.75) is 52.2 Å². The third kappa shape index (κ3) is 6.48. The van der Waals surface area contributed by atoms with Crippen LogP contribution in [-0.4, -0.2) is 52.5 Å². The molecule has 0 spiro atoms. The molecule has 28 heavy (non-hydrogen) atoms. The van der Waals surface area contributed by atoms with Crippen molar-refractivity contribution in [3.05, 3.63) is 42.4 Å². The molecule has 154 valence electrons. The lowest BCUT2D eigenvalue weighted by Crippen LogP contribution is -2.49. The third-order valence-corrected chi connectivity index (χ3v) is 5.05. The van der Waals surface area contributed by atoms with E-state index in [-0.39, 0.29) is 24.0 Å². The molecule has 0 atom stereocenters. The highest BCUT2D eigenvalue weighted by Gasteiger charge is 2.21. The van der Waals surface area contributed by atoms with Gasteiger partial charge in [-0.3, -0.25) is 0 Å². The van der Waals surface area contributed by atoms with Gasteiger partial charge in [-0.25, -0.2) is 9.98 Å². The second-order valence-electron chi connectivity index (χ2n) is 7.35. The van der Waals surface area contributed by atoms with E-state index < -0.39 is 0 Å². The number of aromatic amines is 1. The number of nitrogens with one attached hydrogen (secondary N) is 3. The zero-order chi connectivity index (χ0) is 19.1. The summed E-state index contributed by atoms with van der Waals surface area (Å²) in [7, 11) is 0. The Kier molecular flexibility index (Phi) is 9.24. The third-order valence-electron chi connectivity index (χ3n) is 5.05. The Bertz CT molecular complexity index is 720. The molecule has 0 radical (unpaired) electrons. The molecule has 1 aliphatic heterocycles. The van der Waals surface area contributed by atoms with Gasteiger partial charge in [-0.1, -0.05) is 30.3 Å². The average Bonchev–Trinajstić information content (AvgIpc) is 3.16. The Balaban J connectivity index is 0.00000280. The van der Waals surface area contributed by atoms with Crippen molar-refractivity contribution in [3.63, 3.8) is 0 Å². The van der Waals surface area contributed by atoms with E-state index in [1.807, 2.05) is 24.4 Å². The smallest absolute Gasteiger partial charge is 0.191 e. The van der Waals surface area contributed by atoms with Gasteiger partial charge in [0.1, 0.15) is 12.4 Å². The molecule has 1 aromatic heterocycles. The number of benzene rings is 1. The highest BCUT2D eigenvalue weighted by atomic mass is 127. The van der Waals surface area contributed by atoms with E-state index in [4.69, 9.17) is 4.99 Å². The van der Waals surface area contributed by atoms with Gasteiger partial charge in [-0.05, 0) is 39.2 Å². The number of likely N-dealkylation sites (tertiary alicyclic amines) is 1. The molecule has 1 fully saturated rings. The van der Waals surface area contributed by atoms with Gasteiger partial charge >= 0.3 is 0 Å². The van der Waals surface area contributed by atoms with Gasteiger partial charge in [0.2, 0.25) is 0 Å². The molecule has 0 saturated carbocycles. The van der Waals surface area contributed by atoms with Crippen LogP contribution in [0.5, 0.6) is 0 Å². The van der Waals surface area contributed by atoms with Gasteiger partial charge < -0.3 is 20.5 Å². The Labute approximate surface area is 185 Å². The first-order valence-corrected chi connectivity index (χ1v) is 10.0.